The quantitative estimate of drug-likeness (QED) is 0.307. The van der Waals surface area contributed by atoms with E-state index >= 15 is 0 Å². The van der Waals surface area contributed by atoms with E-state index in [0.717, 1.165) is 0 Å². The van der Waals surface area contributed by atoms with Crippen LogP contribution < -0.4 is 10.6 Å². The summed E-state index contributed by atoms with van der Waals surface area (Å²) in [6.07, 6.45) is -0.466. The molecule has 8 nitrogen and oxygen atoms in total. The summed E-state index contributed by atoms with van der Waals surface area (Å²) in [5.41, 5.74) is 0.908. The minimum absolute atomic E-state index is 0.115. The highest BCUT2D eigenvalue weighted by Gasteiger charge is 2.14. The van der Waals surface area contributed by atoms with E-state index in [1.807, 2.05) is 13.8 Å². The first kappa shape index (κ1) is 24.1. The van der Waals surface area contributed by atoms with Crippen molar-refractivity contribution in [3.05, 3.63) is 65.7 Å². The lowest BCUT2D eigenvalue weighted by molar-refractivity contribution is -0.115. The van der Waals surface area contributed by atoms with Gasteiger partial charge >= 0.3 is 5.97 Å². The van der Waals surface area contributed by atoms with Crippen molar-refractivity contribution >= 4 is 40.7 Å². The van der Waals surface area contributed by atoms with Crippen LogP contribution in [0.15, 0.2) is 49.0 Å². The van der Waals surface area contributed by atoms with Crippen molar-refractivity contribution in [2.45, 2.75) is 27.2 Å². The molecule has 0 saturated carbocycles. The molecule has 2 aromatic rings. The second-order valence-corrected chi connectivity index (χ2v) is 5.96. The Morgan fingerprint density at radius 2 is 1.40 bits per heavy atom. The minimum atomic E-state index is -1.24. The molecule has 158 valence electrons. The maximum absolute atomic E-state index is 12.2. The Balaban J connectivity index is 0.00000218. The van der Waals surface area contributed by atoms with Gasteiger partial charge in [-0.15, -0.1) is 0 Å². The third-order valence-electron chi connectivity index (χ3n) is 3.65. The second kappa shape index (κ2) is 11.2. The number of benzene rings is 2. The van der Waals surface area contributed by atoms with Crippen LogP contribution in [0.5, 0.6) is 0 Å². The van der Waals surface area contributed by atoms with Crippen LogP contribution in [0.25, 0.3) is 5.76 Å². The molecule has 2 aromatic carbocycles. The number of ketones is 1. The van der Waals surface area contributed by atoms with Gasteiger partial charge in [-0.05, 0) is 42.5 Å². The Kier molecular flexibility index (Phi) is 8.96. The van der Waals surface area contributed by atoms with E-state index in [0.29, 0.717) is 5.69 Å². The SMILES string of the molecule is C=C(O)c1cc(NC(=O)CC(=O)c2ccc(NC(C)=O)cc2)cc(C(=O)O)c1.CC. The van der Waals surface area contributed by atoms with E-state index in [1.165, 1.54) is 37.3 Å². The molecule has 0 aromatic heterocycles. The van der Waals surface area contributed by atoms with Gasteiger partial charge in [-0.3, -0.25) is 14.4 Å². The van der Waals surface area contributed by atoms with Gasteiger partial charge in [-0.2, -0.15) is 0 Å². The number of hydrogen-bond donors (Lipinski definition) is 4. The maximum atomic E-state index is 12.2. The molecular formula is C22H24N2O6. The largest absolute Gasteiger partial charge is 0.508 e. The third kappa shape index (κ3) is 7.23. The fourth-order valence-electron chi connectivity index (χ4n) is 2.39. The number of carbonyl (C=O) groups excluding carboxylic acids is 3. The molecule has 0 radical (unpaired) electrons. The summed E-state index contributed by atoms with van der Waals surface area (Å²) in [4.78, 5) is 46.5. The Labute approximate surface area is 174 Å². The summed E-state index contributed by atoms with van der Waals surface area (Å²) in [6.45, 7) is 8.69. The summed E-state index contributed by atoms with van der Waals surface area (Å²) >= 11 is 0. The Hall–Kier alpha value is -3.94. The van der Waals surface area contributed by atoms with Crippen LogP contribution in [0.3, 0.4) is 0 Å². The first-order valence-electron chi connectivity index (χ1n) is 9.13. The standard InChI is InChI=1S/C20H18N2O6.C2H6/c1-11(23)14-7-15(20(27)28)9-17(8-14)22-19(26)10-18(25)13-3-5-16(6-4-13)21-12(2)24;1-2/h3-9,23H,1,10H2,2H3,(H,21,24)(H,22,26)(H,27,28);1-2H3. The van der Waals surface area contributed by atoms with Crippen LogP contribution in [0.2, 0.25) is 0 Å². The Morgan fingerprint density at radius 3 is 1.90 bits per heavy atom. The summed E-state index contributed by atoms with van der Waals surface area (Å²) in [5, 5.41) is 23.6. The molecule has 4 N–H and O–H groups in total. The number of nitrogens with one attached hydrogen (secondary N) is 2. The number of anilines is 2. The first-order valence-corrected chi connectivity index (χ1v) is 9.13. The third-order valence-corrected chi connectivity index (χ3v) is 3.65. The molecule has 0 bridgehead atoms. The molecule has 0 aliphatic heterocycles. The average Bonchev–Trinajstić information content (AvgIpc) is 2.69. The molecule has 30 heavy (non-hydrogen) atoms. The fraction of sp³-hybridized carbons (Fsp3) is 0.182. The predicted molar refractivity (Wildman–Crippen MR) is 115 cm³/mol. The first-order chi connectivity index (χ1) is 14.2. The predicted octanol–water partition coefficient (Wildman–Crippen LogP) is 4.11. The molecule has 0 atom stereocenters. The second-order valence-electron chi connectivity index (χ2n) is 5.96. The maximum Gasteiger partial charge on any atom is 0.335 e. The highest BCUT2D eigenvalue weighted by Crippen LogP contribution is 2.20. The van der Waals surface area contributed by atoms with Gasteiger partial charge in [0.05, 0.1) is 12.0 Å². The minimum Gasteiger partial charge on any atom is -0.508 e. The van der Waals surface area contributed by atoms with Crippen LogP contribution >= 0.6 is 0 Å². The van der Waals surface area contributed by atoms with Crippen LogP contribution in [-0.2, 0) is 9.59 Å². The van der Waals surface area contributed by atoms with Crippen LogP contribution in [-0.4, -0.2) is 33.8 Å². The average molecular weight is 412 g/mol. The number of hydrogen-bond acceptors (Lipinski definition) is 5. The Morgan fingerprint density at radius 1 is 0.833 bits per heavy atom. The lowest BCUT2D eigenvalue weighted by Crippen LogP contribution is -2.17. The molecule has 0 spiro atoms. The van der Waals surface area contributed by atoms with Crippen molar-refractivity contribution in [2.24, 2.45) is 0 Å². The lowest BCUT2D eigenvalue weighted by atomic mass is 10.1. The molecule has 0 saturated heterocycles. The van der Waals surface area contributed by atoms with Crippen molar-refractivity contribution in [1.29, 1.82) is 0 Å². The van der Waals surface area contributed by atoms with Gasteiger partial charge in [0.2, 0.25) is 11.8 Å². The molecule has 0 aliphatic rings. The summed E-state index contributed by atoms with van der Waals surface area (Å²) < 4.78 is 0. The van der Waals surface area contributed by atoms with Crippen molar-refractivity contribution in [2.75, 3.05) is 10.6 Å². The number of carboxylic acids is 1. The van der Waals surface area contributed by atoms with E-state index in [1.54, 1.807) is 12.1 Å². The van der Waals surface area contributed by atoms with Crippen LogP contribution in [0, 0.1) is 0 Å². The number of amides is 2. The highest BCUT2D eigenvalue weighted by molar-refractivity contribution is 6.11. The van der Waals surface area contributed by atoms with Gasteiger partial charge < -0.3 is 20.8 Å². The zero-order valence-electron chi connectivity index (χ0n) is 17.0. The lowest BCUT2D eigenvalue weighted by Gasteiger charge is -2.09. The van der Waals surface area contributed by atoms with Crippen molar-refractivity contribution in [1.82, 2.24) is 0 Å². The van der Waals surface area contributed by atoms with Crippen molar-refractivity contribution in [3.63, 3.8) is 0 Å². The zero-order chi connectivity index (χ0) is 22.8. The van der Waals surface area contributed by atoms with Crippen LogP contribution in [0.4, 0.5) is 11.4 Å². The van der Waals surface area contributed by atoms with Gasteiger partial charge in [-0.25, -0.2) is 4.79 Å². The number of Topliss-reactive ketones (excluding diaryl/α,β-unsaturated/α-hetero) is 1. The zero-order valence-corrected chi connectivity index (χ0v) is 17.0. The van der Waals surface area contributed by atoms with E-state index < -0.39 is 24.1 Å². The van der Waals surface area contributed by atoms with Crippen molar-refractivity contribution in [3.8, 4) is 0 Å². The van der Waals surface area contributed by atoms with Gasteiger partial charge in [0.15, 0.2) is 5.78 Å². The normalized spacial score (nSPS) is 9.57. The number of aliphatic hydroxyl groups excluding tert-OH is 1. The number of carboxylic acid groups (broad SMARTS) is 1. The summed E-state index contributed by atoms with van der Waals surface area (Å²) in [6, 6.07) is 9.82. The molecular weight excluding hydrogens is 388 g/mol. The molecule has 8 heteroatoms. The van der Waals surface area contributed by atoms with Gasteiger partial charge in [0, 0.05) is 29.4 Å². The molecule has 0 unspecified atom stereocenters. The van der Waals surface area contributed by atoms with E-state index in [2.05, 4.69) is 17.2 Å². The molecule has 0 heterocycles. The number of carbonyl (C=O) groups is 4. The van der Waals surface area contributed by atoms with Gasteiger partial charge in [-0.1, -0.05) is 20.4 Å². The van der Waals surface area contributed by atoms with Gasteiger partial charge in [0.1, 0.15) is 5.76 Å². The van der Waals surface area contributed by atoms with E-state index in [9.17, 15) is 24.3 Å². The van der Waals surface area contributed by atoms with E-state index in [4.69, 9.17) is 5.11 Å². The smallest absolute Gasteiger partial charge is 0.335 e. The van der Waals surface area contributed by atoms with Gasteiger partial charge in [0.25, 0.3) is 0 Å². The molecule has 2 amide bonds. The number of rotatable bonds is 7. The monoisotopic (exact) mass is 412 g/mol. The molecule has 0 aliphatic carbocycles. The topological polar surface area (TPSA) is 133 Å². The van der Waals surface area contributed by atoms with Crippen molar-refractivity contribution < 1.29 is 29.4 Å². The highest BCUT2D eigenvalue weighted by atomic mass is 16.4. The molecule has 0 fully saturated rings. The fourth-order valence-corrected chi connectivity index (χ4v) is 2.39. The molecule has 2 rings (SSSR count). The van der Waals surface area contributed by atoms with Crippen LogP contribution in [0.1, 0.15) is 53.5 Å². The number of aliphatic hydroxyl groups is 1. The summed E-state index contributed by atoms with van der Waals surface area (Å²) in [5.74, 6) is -2.93. The van der Waals surface area contributed by atoms with E-state index in [-0.39, 0.29) is 34.0 Å². The Bertz CT molecular complexity index is 932. The number of aromatic carboxylic acids is 1. The summed E-state index contributed by atoms with van der Waals surface area (Å²) in [7, 11) is 0.